The summed E-state index contributed by atoms with van der Waals surface area (Å²) in [5.74, 6) is 0. The van der Waals surface area contributed by atoms with Crippen molar-refractivity contribution in [1.29, 1.82) is 0 Å². The van der Waals surface area contributed by atoms with Crippen LogP contribution in [-0.2, 0) is 0 Å². The van der Waals surface area contributed by atoms with E-state index in [1.807, 2.05) is 56.3 Å². The molecular formula is C17H21N. The molecule has 1 nitrogen and oxygen atoms in total. The Balaban J connectivity index is 0.000000174. The van der Waals surface area contributed by atoms with Crippen LogP contribution >= 0.6 is 0 Å². The molecule has 3 aromatic rings. The molecule has 3 rings (SSSR count). The predicted molar refractivity (Wildman–Crippen MR) is 80.8 cm³/mol. The molecule has 0 spiro atoms. The van der Waals surface area contributed by atoms with Gasteiger partial charge in [0.25, 0.3) is 0 Å². The highest BCUT2D eigenvalue weighted by Crippen LogP contribution is 2.12. The van der Waals surface area contributed by atoms with Crippen molar-refractivity contribution in [3.63, 3.8) is 0 Å². The first-order valence-electron chi connectivity index (χ1n) is 6.40. The van der Waals surface area contributed by atoms with E-state index in [9.17, 15) is 0 Å². The lowest BCUT2D eigenvalue weighted by molar-refractivity contribution is 1.30. The fraction of sp³-hybridized carbons (Fsp3) is 0.176. The summed E-state index contributed by atoms with van der Waals surface area (Å²) in [4.78, 5) is 3.26. The van der Waals surface area contributed by atoms with Crippen LogP contribution in [0.1, 0.15) is 19.5 Å². The van der Waals surface area contributed by atoms with Gasteiger partial charge in [-0.2, -0.15) is 0 Å². The number of aromatic nitrogens is 1. The predicted octanol–water partition coefficient (Wildman–Crippen LogP) is 5.19. The highest BCUT2D eigenvalue weighted by atomic mass is 14.7. The van der Waals surface area contributed by atoms with Gasteiger partial charge in [-0.1, -0.05) is 68.4 Å². The quantitative estimate of drug-likeness (QED) is 0.555. The molecule has 0 atom stereocenters. The van der Waals surface area contributed by atoms with Gasteiger partial charge >= 0.3 is 0 Å². The summed E-state index contributed by atoms with van der Waals surface area (Å²) >= 11 is 0. The summed E-state index contributed by atoms with van der Waals surface area (Å²) in [6.45, 7) is 6.07. The number of benzene rings is 2. The zero-order valence-electron chi connectivity index (χ0n) is 11.4. The Hall–Kier alpha value is -2.02. The molecule has 1 N–H and O–H groups in total. The van der Waals surface area contributed by atoms with Gasteiger partial charge < -0.3 is 4.98 Å². The summed E-state index contributed by atoms with van der Waals surface area (Å²) in [6, 6.07) is 22.4. The van der Waals surface area contributed by atoms with Crippen molar-refractivity contribution in [2.75, 3.05) is 0 Å². The first-order valence-corrected chi connectivity index (χ1v) is 6.40. The van der Waals surface area contributed by atoms with Crippen molar-refractivity contribution in [2.24, 2.45) is 0 Å². The van der Waals surface area contributed by atoms with Gasteiger partial charge in [0.05, 0.1) is 0 Å². The number of H-pyrrole nitrogens is 1. The Labute approximate surface area is 109 Å². The first-order chi connectivity index (χ1) is 8.86. The second-order valence-corrected chi connectivity index (χ2v) is 3.69. The molecule has 0 aliphatic rings. The van der Waals surface area contributed by atoms with Gasteiger partial charge in [-0.3, -0.25) is 0 Å². The fourth-order valence-electron chi connectivity index (χ4n) is 1.60. The molecular weight excluding hydrogens is 218 g/mol. The minimum absolute atomic E-state index is 1.22. The Morgan fingerprint density at radius 2 is 1.22 bits per heavy atom. The SMILES string of the molecule is CC.Cc1cc2ccccc2[nH]1.c1ccccc1. The van der Waals surface area contributed by atoms with E-state index in [0.717, 1.165) is 0 Å². The van der Waals surface area contributed by atoms with Crippen LogP contribution in [-0.4, -0.2) is 4.98 Å². The van der Waals surface area contributed by atoms with E-state index < -0.39 is 0 Å². The van der Waals surface area contributed by atoms with Crippen molar-refractivity contribution in [3.05, 3.63) is 72.4 Å². The van der Waals surface area contributed by atoms with E-state index in [4.69, 9.17) is 0 Å². The third-order valence-electron chi connectivity index (χ3n) is 2.33. The van der Waals surface area contributed by atoms with Gasteiger partial charge in [0, 0.05) is 11.2 Å². The second-order valence-electron chi connectivity index (χ2n) is 3.69. The Bertz CT molecular complexity index is 478. The molecule has 94 valence electrons. The van der Waals surface area contributed by atoms with Gasteiger partial charge in [0.2, 0.25) is 0 Å². The maximum Gasteiger partial charge on any atom is 0.0455 e. The van der Waals surface area contributed by atoms with E-state index in [0.29, 0.717) is 0 Å². The molecule has 0 saturated heterocycles. The summed E-state index contributed by atoms with van der Waals surface area (Å²) in [6.07, 6.45) is 0. The van der Waals surface area contributed by atoms with Crippen LogP contribution in [0.4, 0.5) is 0 Å². The Kier molecular flexibility index (Phi) is 6.34. The van der Waals surface area contributed by atoms with E-state index in [2.05, 4.69) is 36.2 Å². The lowest BCUT2D eigenvalue weighted by Crippen LogP contribution is -1.65. The highest BCUT2D eigenvalue weighted by molar-refractivity contribution is 5.79. The summed E-state index contributed by atoms with van der Waals surface area (Å²) in [7, 11) is 0. The van der Waals surface area contributed by atoms with Crippen LogP contribution in [0.2, 0.25) is 0 Å². The monoisotopic (exact) mass is 239 g/mol. The Morgan fingerprint density at radius 3 is 1.72 bits per heavy atom. The van der Waals surface area contributed by atoms with Crippen molar-refractivity contribution >= 4 is 10.9 Å². The zero-order valence-corrected chi connectivity index (χ0v) is 11.4. The number of aromatic amines is 1. The normalized spacial score (nSPS) is 8.83. The van der Waals surface area contributed by atoms with Crippen LogP contribution in [0.5, 0.6) is 0 Å². The van der Waals surface area contributed by atoms with Gasteiger partial charge in [0.1, 0.15) is 0 Å². The van der Waals surface area contributed by atoms with Crippen molar-refractivity contribution in [2.45, 2.75) is 20.8 Å². The number of hydrogen-bond acceptors (Lipinski definition) is 0. The number of para-hydroxylation sites is 1. The fourth-order valence-corrected chi connectivity index (χ4v) is 1.60. The zero-order chi connectivity index (χ0) is 13.2. The van der Waals surface area contributed by atoms with Gasteiger partial charge in [-0.05, 0) is 24.4 Å². The number of fused-ring (bicyclic) bond motifs is 1. The number of rotatable bonds is 0. The lowest BCUT2D eigenvalue weighted by Gasteiger charge is -1.83. The van der Waals surface area contributed by atoms with E-state index in [-0.39, 0.29) is 0 Å². The van der Waals surface area contributed by atoms with Crippen LogP contribution in [0.3, 0.4) is 0 Å². The maximum absolute atomic E-state index is 3.26. The molecule has 0 radical (unpaired) electrons. The molecule has 1 heterocycles. The number of nitrogens with one attached hydrogen (secondary N) is 1. The van der Waals surface area contributed by atoms with Crippen LogP contribution in [0.25, 0.3) is 10.9 Å². The maximum atomic E-state index is 3.26. The molecule has 0 unspecified atom stereocenters. The van der Waals surface area contributed by atoms with Crippen LogP contribution in [0.15, 0.2) is 66.7 Å². The minimum atomic E-state index is 1.22. The second kappa shape index (κ2) is 8.13. The molecule has 0 saturated carbocycles. The molecule has 18 heavy (non-hydrogen) atoms. The average Bonchev–Trinajstić information content (AvgIpc) is 2.84. The lowest BCUT2D eigenvalue weighted by atomic mass is 10.2. The van der Waals surface area contributed by atoms with E-state index in [1.54, 1.807) is 0 Å². The molecule has 0 amide bonds. The smallest absolute Gasteiger partial charge is 0.0455 e. The molecule has 1 heteroatoms. The Morgan fingerprint density at radius 1 is 0.722 bits per heavy atom. The third-order valence-corrected chi connectivity index (χ3v) is 2.33. The topological polar surface area (TPSA) is 15.8 Å². The third kappa shape index (κ3) is 4.46. The van der Waals surface area contributed by atoms with E-state index in [1.165, 1.54) is 16.6 Å². The number of aryl methyl sites for hydroxylation is 1. The summed E-state index contributed by atoms with van der Waals surface area (Å²) < 4.78 is 0. The molecule has 0 aliphatic carbocycles. The van der Waals surface area contributed by atoms with Crippen LogP contribution < -0.4 is 0 Å². The van der Waals surface area contributed by atoms with Crippen LogP contribution in [0, 0.1) is 6.92 Å². The molecule has 0 fully saturated rings. The van der Waals surface area contributed by atoms with Gasteiger partial charge in [0.15, 0.2) is 0 Å². The highest BCUT2D eigenvalue weighted by Gasteiger charge is 1.92. The van der Waals surface area contributed by atoms with Gasteiger partial charge in [-0.25, -0.2) is 0 Å². The summed E-state index contributed by atoms with van der Waals surface area (Å²) in [5.41, 5.74) is 2.45. The van der Waals surface area contributed by atoms with Crippen molar-refractivity contribution in [3.8, 4) is 0 Å². The van der Waals surface area contributed by atoms with Crippen molar-refractivity contribution < 1.29 is 0 Å². The average molecular weight is 239 g/mol. The van der Waals surface area contributed by atoms with Crippen molar-refractivity contribution in [1.82, 2.24) is 4.98 Å². The molecule has 2 aromatic carbocycles. The largest absolute Gasteiger partial charge is 0.359 e. The number of hydrogen-bond donors (Lipinski definition) is 1. The molecule has 0 aliphatic heterocycles. The van der Waals surface area contributed by atoms with E-state index >= 15 is 0 Å². The van der Waals surface area contributed by atoms with Gasteiger partial charge in [-0.15, -0.1) is 0 Å². The summed E-state index contributed by atoms with van der Waals surface area (Å²) in [5, 5.41) is 1.29. The minimum Gasteiger partial charge on any atom is -0.359 e. The molecule has 0 bridgehead atoms. The molecule has 1 aromatic heterocycles. The standard InChI is InChI=1S/C9H9N.C6H6.C2H6/c1-7-6-8-4-2-3-5-9(8)10-7;1-2-4-6-5-3-1;1-2/h2-6,10H,1H3;1-6H;1-2H3. The first kappa shape index (κ1) is 14.0.